The summed E-state index contributed by atoms with van der Waals surface area (Å²) < 4.78 is 6.24. The van der Waals surface area contributed by atoms with Gasteiger partial charge >= 0.3 is 0 Å². The van der Waals surface area contributed by atoms with E-state index in [0.717, 1.165) is 6.42 Å². The average Bonchev–Trinajstić information content (AvgIpc) is 2.29. The fourth-order valence-corrected chi connectivity index (χ4v) is 3.11. The maximum Gasteiger partial charge on any atom is 0.0711 e. The van der Waals surface area contributed by atoms with Crippen molar-refractivity contribution in [3.05, 3.63) is 0 Å². The molecule has 0 radical (unpaired) electrons. The second-order valence-electron chi connectivity index (χ2n) is 5.68. The maximum atomic E-state index is 6.24. The van der Waals surface area contributed by atoms with Crippen LogP contribution >= 0.6 is 0 Å². The number of nitrogens with zero attached hydrogens (tertiary/aromatic N) is 1. The Kier molecular flexibility index (Phi) is 3.88. The summed E-state index contributed by atoms with van der Waals surface area (Å²) in [4.78, 5) is 2.56. The van der Waals surface area contributed by atoms with Crippen molar-refractivity contribution in [2.75, 3.05) is 19.6 Å². The molecule has 0 aromatic carbocycles. The summed E-state index contributed by atoms with van der Waals surface area (Å²) in [7, 11) is 0. The highest BCUT2D eigenvalue weighted by molar-refractivity contribution is 4.92. The van der Waals surface area contributed by atoms with Crippen molar-refractivity contribution in [2.45, 2.75) is 63.7 Å². The molecule has 0 amide bonds. The normalized spacial score (nSPS) is 31.1. The van der Waals surface area contributed by atoms with Crippen molar-refractivity contribution >= 4 is 0 Å². The third-order valence-electron chi connectivity index (χ3n) is 4.28. The van der Waals surface area contributed by atoms with Crippen LogP contribution in [0.4, 0.5) is 0 Å². The smallest absolute Gasteiger partial charge is 0.0711 e. The van der Waals surface area contributed by atoms with Gasteiger partial charge in [0.2, 0.25) is 0 Å². The van der Waals surface area contributed by atoms with Gasteiger partial charge in [0.25, 0.3) is 0 Å². The predicted octanol–water partition coefficient (Wildman–Crippen LogP) is 1.76. The molecule has 16 heavy (non-hydrogen) atoms. The van der Waals surface area contributed by atoms with E-state index in [-0.39, 0.29) is 5.60 Å². The molecule has 0 bridgehead atoms. The van der Waals surface area contributed by atoms with E-state index in [2.05, 4.69) is 18.7 Å². The third kappa shape index (κ3) is 2.58. The second kappa shape index (κ2) is 5.03. The molecular formula is C13H26N2O. The number of rotatable bonds is 2. The van der Waals surface area contributed by atoms with Gasteiger partial charge in [0.05, 0.1) is 11.7 Å². The lowest BCUT2D eigenvalue weighted by molar-refractivity contribution is -0.151. The minimum atomic E-state index is 0.174. The lowest BCUT2D eigenvalue weighted by Crippen LogP contribution is -2.52. The summed E-state index contributed by atoms with van der Waals surface area (Å²) in [5, 5.41) is 0. The van der Waals surface area contributed by atoms with E-state index in [1.807, 2.05) is 0 Å². The van der Waals surface area contributed by atoms with E-state index in [9.17, 15) is 0 Å². The molecule has 2 fully saturated rings. The highest BCUT2D eigenvalue weighted by Crippen LogP contribution is 2.37. The number of piperidine rings is 1. The van der Waals surface area contributed by atoms with Crippen LogP contribution in [-0.4, -0.2) is 42.3 Å². The minimum Gasteiger partial charge on any atom is -0.370 e. The molecule has 2 N–H and O–H groups in total. The van der Waals surface area contributed by atoms with E-state index < -0.39 is 0 Å². The molecule has 1 spiro atoms. The van der Waals surface area contributed by atoms with Crippen molar-refractivity contribution in [2.24, 2.45) is 5.73 Å². The molecule has 2 aliphatic rings. The van der Waals surface area contributed by atoms with Crippen molar-refractivity contribution < 1.29 is 4.74 Å². The molecule has 2 heterocycles. The summed E-state index contributed by atoms with van der Waals surface area (Å²) in [6.07, 6.45) is 6.41. The van der Waals surface area contributed by atoms with Gasteiger partial charge in [0.1, 0.15) is 0 Å². The lowest BCUT2D eigenvalue weighted by atomic mass is 9.83. The molecule has 3 nitrogen and oxygen atoms in total. The topological polar surface area (TPSA) is 38.5 Å². The van der Waals surface area contributed by atoms with E-state index in [1.165, 1.54) is 38.8 Å². The summed E-state index contributed by atoms with van der Waals surface area (Å²) in [6, 6.07) is 0.672. The zero-order valence-electron chi connectivity index (χ0n) is 10.7. The van der Waals surface area contributed by atoms with Crippen LogP contribution in [0.25, 0.3) is 0 Å². The number of hydrogen-bond donors (Lipinski definition) is 1. The van der Waals surface area contributed by atoms with E-state index >= 15 is 0 Å². The van der Waals surface area contributed by atoms with Crippen molar-refractivity contribution in [1.82, 2.24) is 4.90 Å². The first-order valence-corrected chi connectivity index (χ1v) is 6.77. The number of likely N-dealkylation sites (tertiary alicyclic amines) is 1. The zero-order valence-corrected chi connectivity index (χ0v) is 10.7. The highest BCUT2D eigenvalue weighted by atomic mass is 16.5. The Morgan fingerprint density at radius 1 is 1.31 bits per heavy atom. The molecule has 94 valence electrons. The van der Waals surface area contributed by atoms with Gasteiger partial charge in [-0.25, -0.2) is 0 Å². The SMILES string of the molecule is CC(C)N1CCC2(CCCC(CN)O2)CC1. The Morgan fingerprint density at radius 2 is 2.00 bits per heavy atom. The van der Waals surface area contributed by atoms with Crippen LogP contribution in [0.5, 0.6) is 0 Å². The second-order valence-corrected chi connectivity index (χ2v) is 5.68. The van der Waals surface area contributed by atoms with Gasteiger partial charge in [0.15, 0.2) is 0 Å². The first-order valence-electron chi connectivity index (χ1n) is 6.77. The predicted molar refractivity (Wildman–Crippen MR) is 66.5 cm³/mol. The van der Waals surface area contributed by atoms with Gasteiger partial charge in [-0.05, 0) is 46.0 Å². The highest BCUT2D eigenvalue weighted by Gasteiger charge is 2.39. The van der Waals surface area contributed by atoms with Crippen LogP contribution in [0.15, 0.2) is 0 Å². The van der Waals surface area contributed by atoms with Gasteiger partial charge in [-0.2, -0.15) is 0 Å². The first kappa shape index (κ1) is 12.3. The summed E-state index contributed by atoms with van der Waals surface area (Å²) in [6.45, 7) is 7.63. The van der Waals surface area contributed by atoms with Crippen LogP contribution in [0, 0.1) is 0 Å². The Labute approximate surface area is 99.3 Å². The molecule has 2 aliphatic heterocycles. The largest absolute Gasteiger partial charge is 0.370 e. The quantitative estimate of drug-likeness (QED) is 0.779. The van der Waals surface area contributed by atoms with Gasteiger partial charge in [0, 0.05) is 25.7 Å². The van der Waals surface area contributed by atoms with Crippen molar-refractivity contribution in [3.8, 4) is 0 Å². The van der Waals surface area contributed by atoms with E-state index in [1.54, 1.807) is 0 Å². The molecular weight excluding hydrogens is 200 g/mol. The van der Waals surface area contributed by atoms with Gasteiger partial charge in [-0.3, -0.25) is 0 Å². The summed E-state index contributed by atoms with van der Waals surface area (Å²) in [5.41, 5.74) is 5.91. The Morgan fingerprint density at radius 3 is 2.56 bits per heavy atom. The monoisotopic (exact) mass is 226 g/mol. The molecule has 0 saturated carbocycles. The van der Waals surface area contributed by atoms with E-state index in [4.69, 9.17) is 10.5 Å². The molecule has 1 unspecified atom stereocenters. The lowest BCUT2D eigenvalue weighted by Gasteiger charge is -2.47. The van der Waals surface area contributed by atoms with E-state index in [0.29, 0.717) is 18.7 Å². The maximum absolute atomic E-state index is 6.24. The molecule has 1 atom stereocenters. The van der Waals surface area contributed by atoms with Gasteiger partial charge in [-0.15, -0.1) is 0 Å². The third-order valence-corrected chi connectivity index (χ3v) is 4.28. The first-order chi connectivity index (χ1) is 7.65. The summed E-state index contributed by atoms with van der Waals surface area (Å²) in [5.74, 6) is 0. The fraction of sp³-hybridized carbons (Fsp3) is 1.00. The number of hydrogen-bond acceptors (Lipinski definition) is 3. The van der Waals surface area contributed by atoms with Crippen molar-refractivity contribution in [3.63, 3.8) is 0 Å². The molecule has 2 rings (SSSR count). The minimum absolute atomic E-state index is 0.174. The standard InChI is InChI=1S/C13H26N2O/c1-11(2)15-8-6-13(7-9-15)5-3-4-12(10-14)16-13/h11-12H,3-10,14H2,1-2H3. The molecule has 0 aromatic heterocycles. The fourth-order valence-electron chi connectivity index (χ4n) is 3.11. The Bertz CT molecular complexity index is 222. The summed E-state index contributed by atoms with van der Waals surface area (Å²) >= 11 is 0. The zero-order chi connectivity index (χ0) is 11.6. The number of nitrogens with two attached hydrogens (primary N) is 1. The Hall–Kier alpha value is -0.120. The number of ether oxygens (including phenoxy) is 1. The van der Waals surface area contributed by atoms with Crippen LogP contribution in [0.3, 0.4) is 0 Å². The average molecular weight is 226 g/mol. The van der Waals surface area contributed by atoms with Gasteiger partial charge in [-0.1, -0.05) is 0 Å². The Balaban J connectivity index is 1.90. The van der Waals surface area contributed by atoms with Crippen LogP contribution in [-0.2, 0) is 4.74 Å². The molecule has 3 heteroatoms. The molecule has 0 aromatic rings. The molecule has 2 saturated heterocycles. The van der Waals surface area contributed by atoms with Crippen LogP contribution in [0.2, 0.25) is 0 Å². The molecule has 0 aliphatic carbocycles. The van der Waals surface area contributed by atoms with Gasteiger partial charge < -0.3 is 15.4 Å². The van der Waals surface area contributed by atoms with Crippen molar-refractivity contribution in [1.29, 1.82) is 0 Å². The van der Waals surface area contributed by atoms with Crippen LogP contribution < -0.4 is 5.73 Å². The van der Waals surface area contributed by atoms with Crippen LogP contribution in [0.1, 0.15) is 46.0 Å².